The Morgan fingerprint density at radius 1 is 1.46 bits per heavy atom. The molecule has 0 atom stereocenters. The lowest BCUT2D eigenvalue weighted by molar-refractivity contribution is 0.181. The van der Waals surface area contributed by atoms with Crippen molar-refractivity contribution < 1.29 is 4.74 Å². The number of aromatic nitrogens is 1. The summed E-state index contributed by atoms with van der Waals surface area (Å²) >= 11 is 0. The average molecular weight is 177 g/mol. The van der Waals surface area contributed by atoms with Crippen LogP contribution in [0.3, 0.4) is 0 Å². The van der Waals surface area contributed by atoms with E-state index in [0.717, 1.165) is 12.1 Å². The van der Waals surface area contributed by atoms with Gasteiger partial charge in [0.1, 0.15) is 0 Å². The Morgan fingerprint density at radius 2 is 2.31 bits per heavy atom. The molecular weight excluding hydrogens is 162 g/mol. The van der Waals surface area contributed by atoms with Gasteiger partial charge in [0.25, 0.3) is 0 Å². The van der Waals surface area contributed by atoms with Gasteiger partial charge < -0.3 is 4.74 Å². The van der Waals surface area contributed by atoms with Gasteiger partial charge in [0.2, 0.25) is 0 Å². The number of pyridine rings is 1. The highest BCUT2D eigenvalue weighted by Crippen LogP contribution is 2.23. The van der Waals surface area contributed by atoms with Gasteiger partial charge in [-0.3, -0.25) is 4.98 Å². The van der Waals surface area contributed by atoms with E-state index in [-0.39, 0.29) is 0 Å². The molecule has 0 aromatic carbocycles. The molecular formula is C11H15NO. The summed E-state index contributed by atoms with van der Waals surface area (Å²) in [6, 6.07) is 2.15. The predicted molar refractivity (Wildman–Crippen MR) is 51.7 cm³/mol. The van der Waals surface area contributed by atoms with Gasteiger partial charge >= 0.3 is 0 Å². The van der Waals surface area contributed by atoms with E-state index in [9.17, 15) is 0 Å². The topological polar surface area (TPSA) is 22.1 Å². The molecule has 1 aliphatic rings. The van der Waals surface area contributed by atoms with E-state index in [4.69, 9.17) is 4.74 Å². The lowest BCUT2D eigenvalue weighted by atomic mass is 10.1. The second kappa shape index (κ2) is 3.46. The molecule has 2 heteroatoms. The number of ether oxygens (including phenoxy) is 1. The normalized spacial score (nSPS) is 14.6. The first-order chi connectivity index (χ1) is 6.31. The minimum atomic E-state index is 0.633. The molecule has 1 aliphatic carbocycles. The van der Waals surface area contributed by atoms with Crippen LogP contribution in [-0.2, 0) is 24.2 Å². The third kappa shape index (κ3) is 1.59. The molecule has 70 valence electrons. The van der Waals surface area contributed by atoms with E-state index in [2.05, 4.69) is 18.0 Å². The van der Waals surface area contributed by atoms with Crippen LogP contribution in [0.5, 0.6) is 0 Å². The summed E-state index contributed by atoms with van der Waals surface area (Å²) in [5, 5.41) is 0. The van der Waals surface area contributed by atoms with Crippen molar-refractivity contribution in [3.63, 3.8) is 0 Å². The van der Waals surface area contributed by atoms with E-state index in [0.29, 0.717) is 6.61 Å². The van der Waals surface area contributed by atoms with Crippen LogP contribution in [0.1, 0.15) is 28.9 Å². The zero-order chi connectivity index (χ0) is 9.26. The Balaban J connectivity index is 2.37. The van der Waals surface area contributed by atoms with Gasteiger partial charge in [-0.1, -0.05) is 0 Å². The van der Waals surface area contributed by atoms with Crippen LogP contribution in [0.25, 0.3) is 0 Å². The maximum atomic E-state index is 5.08. The third-order valence-corrected chi connectivity index (χ3v) is 2.62. The molecule has 0 saturated carbocycles. The molecule has 1 aromatic heterocycles. The van der Waals surface area contributed by atoms with Gasteiger partial charge in [0.15, 0.2) is 0 Å². The van der Waals surface area contributed by atoms with Crippen molar-refractivity contribution in [1.29, 1.82) is 0 Å². The third-order valence-electron chi connectivity index (χ3n) is 2.62. The van der Waals surface area contributed by atoms with Crippen LogP contribution in [0.4, 0.5) is 0 Å². The number of hydrogen-bond donors (Lipinski definition) is 0. The number of fused-ring (bicyclic) bond motifs is 1. The SMILES string of the molecule is COCc1cc(C)c2c(n1)CCC2. The molecule has 1 aromatic rings. The van der Waals surface area contributed by atoms with Gasteiger partial charge in [0, 0.05) is 12.8 Å². The quantitative estimate of drug-likeness (QED) is 0.689. The second-order valence-corrected chi connectivity index (χ2v) is 3.64. The Hall–Kier alpha value is -0.890. The zero-order valence-corrected chi connectivity index (χ0v) is 8.26. The largest absolute Gasteiger partial charge is 0.378 e. The molecule has 0 unspecified atom stereocenters. The van der Waals surface area contributed by atoms with Crippen LogP contribution in [0.2, 0.25) is 0 Å². The summed E-state index contributed by atoms with van der Waals surface area (Å²) < 4.78 is 5.08. The average Bonchev–Trinajstić information content (AvgIpc) is 2.53. The Kier molecular flexibility index (Phi) is 2.32. The van der Waals surface area contributed by atoms with E-state index in [1.54, 1.807) is 7.11 Å². The van der Waals surface area contributed by atoms with Crippen LogP contribution in [-0.4, -0.2) is 12.1 Å². The first-order valence-electron chi connectivity index (χ1n) is 4.78. The van der Waals surface area contributed by atoms with Crippen molar-refractivity contribution in [3.8, 4) is 0 Å². The number of methoxy groups -OCH3 is 1. The van der Waals surface area contributed by atoms with Crippen molar-refractivity contribution in [2.75, 3.05) is 7.11 Å². The van der Waals surface area contributed by atoms with Crippen molar-refractivity contribution in [2.45, 2.75) is 32.8 Å². The molecule has 0 aliphatic heterocycles. The maximum absolute atomic E-state index is 5.08. The molecule has 0 bridgehead atoms. The van der Waals surface area contributed by atoms with E-state index < -0.39 is 0 Å². The Bertz CT molecular complexity index is 320. The minimum Gasteiger partial charge on any atom is -0.378 e. The summed E-state index contributed by atoms with van der Waals surface area (Å²) in [6.45, 7) is 2.80. The highest BCUT2D eigenvalue weighted by Gasteiger charge is 2.15. The molecule has 0 fully saturated rings. The number of aryl methyl sites for hydroxylation is 2. The van der Waals surface area contributed by atoms with Gasteiger partial charge in [-0.25, -0.2) is 0 Å². The smallest absolute Gasteiger partial charge is 0.0884 e. The number of nitrogens with zero attached hydrogens (tertiary/aromatic N) is 1. The highest BCUT2D eigenvalue weighted by molar-refractivity contribution is 5.34. The van der Waals surface area contributed by atoms with Crippen molar-refractivity contribution in [1.82, 2.24) is 4.98 Å². The standard InChI is InChI=1S/C11H15NO/c1-8-6-9(7-13-2)12-11-5-3-4-10(8)11/h6H,3-5,7H2,1-2H3. The molecule has 0 spiro atoms. The zero-order valence-electron chi connectivity index (χ0n) is 8.26. The van der Waals surface area contributed by atoms with Gasteiger partial charge in [-0.05, 0) is 43.4 Å². The summed E-state index contributed by atoms with van der Waals surface area (Å²) in [7, 11) is 1.71. The maximum Gasteiger partial charge on any atom is 0.0884 e. The fraction of sp³-hybridized carbons (Fsp3) is 0.545. The Labute approximate surface area is 78.9 Å². The van der Waals surface area contributed by atoms with Crippen LogP contribution >= 0.6 is 0 Å². The van der Waals surface area contributed by atoms with Gasteiger partial charge in [0.05, 0.1) is 12.3 Å². The second-order valence-electron chi connectivity index (χ2n) is 3.64. The van der Waals surface area contributed by atoms with Crippen molar-refractivity contribution >= 4 is 0 Å². The lowest BCUT2D eigenvalue weighted by Crippen LogP contribution is -1.99. The van der Waals surface area contributed by atoms with Gasteiger partial charge in [-0.2, -0.15) is 0 Å². The fourth-order valence-corrected chi connectivity index (χ4v) is 2.04. The first kappa shape index (κ1) is 8.70. The molecule has 13 heavy (non-hydrogen) atoms. The predicted octanol–water partition coefficient (Wildman–Crippen LogP) is 2.03. The van der Waals surface area contributed by atoms with Crippen LogP contribution in [0.15, 0.2) is 6.07 Å². The molecule has 1 heterocycles. The van der Waals surface area contributed by atoms with Crippen LogP contribution in [0, 0.1) is 6.92 Å². The summed E-state index contributed by atoms with van der Waals surface area (Å²) in [6.07, 6.45) is 3.62. The summed E-state index contributed by atoms with van der Waals surface area (Å²) in [5.41, 5.74) is 5.22. The lowest BCUT2D eigenvalue weighted by Gasteiger charge is -2.06. The summed E-state index contributed by atoms with van der Waals surface area (Å²) in [5.74, 6) is 0. The molecule has 0 radical (unpaired) electrons. The summed E-state index contributed by atoms with van der Waals surface area (Å²) in [4.78, 5) is 4.58. The molecule has 2 rings (SSSR count). The number of hydrogen-bond acceptors (Lipinski definition) is 2. The van der Waals surface area contributed by atoms with Crippen LogP contribution < -0.4 is 0 Å². The fourth-order valence-electron chi connectivity index (χ4n) is 2.04. The van der Waals surface area contributed by atoms with E-state index in [1.807, 2.05) is 0 Å². The number of rotatable bonds is 2. The highest BCUT2D eigenvalue weighted by atomic mass is 16.5. The monoisotopic (exact) mass is 177 g/mol. The molecule has 0 N–H and O–H groups in total. The molecule has 2 nitrogen and oxygen atoms in total. The van der Waals surface area contributed by atoms with Crippen molar-refractivity contribution in [3.05, 3.63) is 28.6 Å². The molecule has 0 saturated heterocycles. The molecule has 0 amide bonds. The van der Waals surface area contributed by atoms with E-state index >= 15 is 0 Å². The first-order valence-corrected chi connectivity index (χ1v) is 4.78. The van der Waals surface area contributed by atoms with E-state index in [1.165, 1.54) is 29.7 Å². The van der Waals surface area contributed by atoms with Crippen molar-refractivity contribution in [2.24, 2.45) is 0 Å². The minimum absolute atomic E-state index is 0.633. The Morgan fingerprint density at radius 3 is 3.08 bits per heavy atom. The van der Waals surface area contributed by atoms with Gasteiger partial charge in [-0.15, -0.1) is 0 Å².